The third-order valence-corrected chi connectivity index (χ3v) is 7.16. The van der Waals surface area contributed by atoms with Crippen LogP contribution in [0.25, 0.3) is 51.9 Å². The van der Waals surface area contributed by atoms with Gasteiger partial charge in [0.1, 0.15) is 9.40 Å². The molecule has 8 heteroatoms. The van der Waals surface area contributed by atoms with Crippen molar-refractivity contribution in [2.45, 2.75) is 0 Å². The lowest BCUT2D eigenvalue weighted by Gasteiger charge is -2.17. The second-order valence-electron chi connectivity index (χ2n) is 6.73. The third kappa shape index (κ3) is 3.88. The average Bonchev–Trinajstić information content (AvgIpc) is 3.29. The molecule has 0 saturated heterocycles. The van der Waals surface area contributed by atoms with Crippen molar-refractivity contribution in [3.05, 3.63) is 78.9 Å². The monoisotopic (exact) mass is 468 g/mol. The standard InChI is InChI=1S/C23H13OS2.ClHO4/c1-2-8-14(9-3-1)19-22-20(15-10-4-6-12-17(15)25-22)24-21-16-11-5-7-13-18(16)26-23(19)21;2-1(3,4)5/h1-13H;(H,2,3,4,5)/q+1;/p-1. The van der Waals surface area contributed by atoms with Gasteiger partial charge in [-0.25, -0.2) is 23.1 Å². The maximum absolute atomic E-state index is 8.49. The van der Waals surface area contributed by atoms with Crippen molar-refractivity contribution in [1.82, 2.24) is 0 Å². The lowest BCUT2D eigenvalue weighted by Crippen LogP contribution is -2.68. The van der Waals surface area contributed by atoms with Gasteiger partial charge in [-0.2, -0.15) is 0 Å². The lowest BCUT2D eigenvalue weighted by molar-refractivity contribution is -2.00. The molecule has 0 fully saturated rings. The molecule has 31 heavy (non-hydrogen) atoms. The van der Waals surface area contributed by atoms with Crippen LogP contribution in [0.1, 0.15) is 0 Å². The molecule has 0 N–H and O–H groups in total. The fraction of sp³-hybridized carbons (Fsp3) is 0. The molecule has 3 aromatic heterocycles. The first-order valence-corrected chi connectivity index (χ1v) is 12.0. The zero-order valence-electron chi connectivity index (χ0n) is 15.7. The molecule has 0 aliphatic rings. The molecular formula is C23H13ClO5S2. The van der Waals surface area contributed by atoms with Crippen LogP contribution in [0.5, 0.6) is 0 Å². The molecule has 6 aromatic rings. The Labute approximate surface area is 186 Å². The van der Waals surface area contributed by atoms with E-state index in [1.165, 1.54) is 40.7 Å². The van der Waals surface area contributed by atoms with Gasteiger partial charge < -0.3 is 0 Å². The molecule has 3 aromatic carbocycles. The highest BCUT2D eigenvalue weighted by molar-refractivity contribution is 7.28. The smallest absolute Gasteiger partial charge is 0.222 e. The van der Waals surface area contributed by atoms with Crippen LogP contribution < -0.4 is 18.6 Å². The van der Waals surface area contributed by atoms with E-state index in [0.717, 1.165) is 11.2 Å². The topological polar surface area (TPSA) is 104 Å². The summed E-state index contributed by atoms with van der Waals surface area (Å²) < 4.78 is 45.5. The number of hydrogen-bond donors (Lipinski definition) is 0. The Morgan fingerprint density at radius 1 is 0.581 bits per heavy atom. The van der Waals surface area contributed by atoms with Crippen LogP contribution in [-0.2, 0) is 0 Å². The van der Waals surface area contributed by atoms with Crippen molar-refractivity contribution in [1.29, 1.82) is 0 Å². The van der Waals surface area contributed by atoms with Crippen molar-refractivity contribution in [2.24, 2.45) is 0 Å². The van der Waals surface area contributed by atoms with Gasteiger partial charge in [0.25, 0.3) is 0 Å². The lowest BCUT2D eigenvalue weighted by atomic mass is 10.1. The molecule has 0 unspecified atom stereocenters. The van der Waals surface area contributed by atoms with Crippen LogP contribution in [0.2, 0.25) is 0 Å². The predicted octanol–water partition coefficient (Wildman–Crippen LogP) is 3.21. The SMILES string of the molecule is [O-][Cl+3]([O-])([O-])[O-].c1ccc(-c2c3sc4ccccc4c3[o+]c3c2sc2ccccc23)cc1. The summed E-state index contributed by atoms with van der Waals surface area (Å²) in [5, 5.41) is 2.39. The minimum absolute atomic E-state index is 1.00. The molecule has 0 atom stereocenters. The van der Waals surface area contributed by atoms with E-state index in [9.17, 15) is 0 Å². The summed E-state index contributed by atoms with van der Waals surface area (Å²) in [5.41, 5.74) is 4.54. The van der Waals surface area contributed by atoms with E-state index in [2.05, 4.69) is 78.9 Å². The third-order valence-electron chi connectivity index (χ3n) is 4.82. The summed E-state index contributed by atoms with van der Waals surface area (Å²) >= 11 is 3.64. The summed E-state index contributed by atoms with van der Waals surface area (Å²) in [4.78, 5) is 0. The Bertz CT molecular complexity index is 1440. The summed E-state index contributed by atoms with van der Waals surface area (Å²) in [7, 11) is -4.94. The second-order valence-corrected chi connectivity index (χ2v) is 9.59. The summed E-state index contributed by atoms with van der Waals surface area (Å²) in [6.45, 7) is 0. The van der Waals surface area contributed by atoms with Gasteiger partial charge in [0.2, 0.25) is 0 Å². The Morgan fingerprint density at radius 3 is 1.48 bits per heavy atom. The van der Waals surface area contributed by atoms with Gasteiger partial charge >= 0.3 is 11.2 Å². The van der Waals surface area contributed by atoms with Gasteiger partial charge in [0.05, 0.1) is 10.8 Å². The minimum Gasteiger partial charge on any atom is -0.222 e. The molecule has 0 radical (unpaired) electrons. The molecule has 0 bridgehead atoms. The van der Waals surface area contributed by atoms with Gasteiger partial charge in [0.15, 0.2) is 0 Å². The predicted molar refractivity (Wildman–Crippen MR) is 114 cm³/mol. The molecular weight excluding hydrogens is 456 g/mol. The molecule has 0 saturated carbocycles. The van der Waals surface area contributed by atoms with Crippen molar-refractivity contribution >= 4 is 63.4 Å². The van der Waals surface area contributed by atoms with Gasteiger partial charge in [0, 0.05) is 15.0 Å². The van der Waals surface area contributed by atoms with Gasteiger partial charge in [-0.15, -0.1) is 32.9 Å². The summed E-state index contributed by atoms with van der Waals surface area (Å²) in [6.07, 6.45) is 0. The van der Waals surface area contributed by atoms with Crippen molar-refractivity contribution in [3.8, 4) is 11.1 Å². The quantitative estimate of drug-likeness (QED) is 0.345. The zero-order valence-corrected chi connectivity index (χ0v) is 18.1. The highest BCUT2D eigenvalue weighted by Crippen LogP contribution is 2.48. The molecule has 3 heterocycles. The Balaban J connectivity index is 0.000000371. The molecule has 6 rings (SSSR count). The number of halogens is 1. The highest BCUT2D eigenvalue weighted by Gasteiger charge is 2.28. The van der Waals surface area contributed by atoms with Crippen LogP contribution in [0, 0.1) is 10.2 Å². The number of rotatable bonds is 1. The van der Waals surface area contributed by atoms with E-state index in [1.807, 2.05) is 22.7 Å². The van der Waals surface area contributed by atoms with Crippen LogP contribution in [0.4, 0.5) is 0 Å². The number of fused-ring (bicyclic) bond motifs is 6. The van der Waals surface area contributed by atoms with E-state index < -0.39 is 10.2 Å². The van der Waals surface area contributed by atoms with Crippen LogP contribution in [0.15, 0.2) is 83.3 Å². The largest absolute Gasteiger partial charge is 0.380 e. The molecule has 0 aliphatic heterocycles. The number of benzene rings is 3. The van der Waals surface area contributed by atoms with Crippen molar-refractivity contribution < 1.29 is 33.3 Å². The van der Waals surface area contributed by atoms with E-state index in [4.69, 9.17) is 23.1 Å². The average molecular weight is 469 g/mol. The zero-order chi connectivity index (χ0) is 21.6. The van der Waals surface area contributed by atoms with Gasteiger partial charge in [-0.1, -0.05) is 54.6 Å². The Kier molecular flexibility index (Phi) is 5.11. The Morgan fingerprint density at radius 2 is 1.00 bits per heavy atom. The van der Waals surface area contributed by atoms with Crippen LogP contribution >= 0.6 is 22.7 Å². The van der Waals surface area contributed by atoms with Crippen molar-refractivity contribution in [3.63, 3.8) is 0 Å². The van der Waals surface area contributed by atoms with Crippen LogP contribution in [-0.4, -0.2) is 0 Å². The Hall–Kier alpha value is -2.62. The molecule has 0 aliphatic carbocycles. The van der Waals surface area contributed by atoms with E-state index in [1.54, 1.807) is 0 Å². The van der Waals surface area contributed by atoms with Crippen LogP contribution in [0.3, 0.4) is 0 Å². The van der Waals surface area contributed by atoms with Gasteiger partial charge in [-0.3, -0.25) is 0 Å². The maximum Gasteiger partial charge on any atom is 0.380 e. The minimum atomic E-state index is -4.94. The maximum atomic E-state index is 8.49. The highest BCUT2D eigenvalue weighted by atomic mass is 35.7. The fourth-order valence-electron chi connectivity index (χ4n) is 3.65. The van der Waals surface area contributed by atoms with Crippen molar-refractivity contribution in [2.75, 3.05) is 0 Å². The molecule has 0 amide bonds. The number of thiophene rings is 2. The summed E-state index contributed by atoms with van der Waals surface area (Å²) in [5.74, 6) is 0. The first-order chi connectivity index (χ1) is 14.9. The van der Waals surface area contributed by atoms with E-state index in [-0.39, 0.29) is 0 Å². The second kappa shape index (κ2) is 7.81. The molecule has 154 valence electrons. The molecule has 0 spiro atoms. The molecule has 5 nitrogen and oxygen atoms in total. The summed E-state index contributed by atoms with van der Waals surface area (Å²) in [6, 6.07) is 27.7. The normalized spacial score (nSPS) is 11.9. The first kappa shape index (κ1) is 20.3. The fourth-order valence-corrected chi connectivity index (χ4v) is 6.12. The van der Waals surface area contributed by atoms with Gasteiger partial charge in [-0.05, 0) is 29.8 Å². The number of hydrogen-bond acceptors (Lipinski definition) is 6. The van der Waals surface area contributed by atoms with E-state index in [0.29, 0.717) is 0 Å². The van der Waals surface area contributed by atoms with E-state index >= 15 is 0 Å². The first-order valence-electron chi connectivity index (χ1n) is 9.16.